The Labute approximate surface area is 157 Å². The summed E-state index contributed by atoms with van der Waals surface area (Å²) in [4.78, 5) is 12.0. The molecule has 0 saturated carbocycles. The summed E-state index contributed by atoms with van der Waals surface area (Å²) in [7, 11) is -2.00. The first kappa shape index (κ1) is 20.4. The maximum atomic E-state index is 13.8. The number of anilines is 1. The van der Waals surface area contributed by atoms with Crippen LogP contribution in [0.2, 0.25) is 0 Å². The van der Waals surface area contributed by atoms with Gasteiger partial charge in [0.1, 0.15) is 5.82 Å². The van der Waals surface area contributed by atoms with Gasteiger partial charge >= 0.3 is 0 Å². The summed E-state index contributed by atoms with van der Waals surface area (Å²) in [5.41, 5.74) is 0.465. The van der Waals surface area contributed by atoms with E-state index in [1.165, 1.54) is 19.3 Å². The molecule has 0 fully saturated rings. The van der Waals surface area contributed by atoms with E-state index in [1.54, 1.807) is 18.2 Å². The summed E-state index contributed by atoms with van der Waals surface area (Å²) in [6, 6.07) is 8.36. The van der Waals surface area contributed by atoms with Crippen molar-refractivity contribution < 1.29 is 27.1 Å². The Morgan fingerprint density at radius 2 is 1.93 bits per heavy atom. The molecule has 0 heterocycles. The van der Waals surface area contributed by atoms with E-state index in [4.69, 9.17) is 9.47 Å². The molecule has 2 aromatic rings. The molecule has 1 N–H and O–H groups in total. The second-order valence-corrected chi connectivity index (χ2v) is 7.60. The van der Waals surface area contributed by atoms with Crippen LogP contribution in [-0.4, -0.2) is 34.3 Å². The van der Waals surface area contributed by atoms with Crippen LogP contribution in [0.3, 0.4) is 0 Å². The van der Waals surface area contributed by atoms with Gasteiger partial charge in [0.2, 0.25) is 5.91 Å². The normalized spacial score (nSPS) is 11.4. The number of carbonyl (C=O) groups is 1. The average Bonchev–Trinajstić information content (AvgIpc) is 2.62. The Bertz CT molecular complexity index is 970. The van der Waals surface area contributed by atoms with E-state index in [-0.39, 0.29) is 10.6 Å². The number of halogens is 1. The van der Waals surface area contributed by atoms with Crippen molar-refractivity contribution in [3.8, 4) is 11.5 Å². The molecule has 2 rings (SSSR count). The van der Waals surface area contributed by atoms with Crippen LogP contribution in [-0.2, 0) is 14.6 Å². The van der Waals surface area contributed by atoms with Crippen molar-refractivity contribution >= 4 is 27.5 Å². The largest absolute Gasteiger partial charge is 0.493 e. The molecule has 27 heavy (non-hydrogen) atoms. The number of sulfone groups is 1. The first-order valence-electron chi connectivity index (χ1n) is 8.04. The Balaban J connectivity index is 2.16. The van der Waals surface area contributed by atoms with Crippen molar-refractivity contribution in [2.24, 2.45) is 0 Å². The molecule has 6 nitrogen and oxygen atoms in total. The number of benzene rings is 2. The van der Waals surface area contributed by atoms with Gasteiger partial charge in [-0.15, -0.1) is 0 Å². The summed E-state index contributed by atoms with van der Waals surface area (Å²) in [6.45, 7) is 2.35. The Hall–Kier alpha value is -2.87. The van der Waals surface area contributed by atoms with Gasteiger partial charge in [0.15, 0.2) is 21.3 Å². The molecule has 0 aliphatic heterocycles. The Morgan fingerprint density at radius 1 is 1.19 bits per heavy atom. The molecule has 0 aromatic heterocycles. The van der Waals surface area contributed by atoms with E-state index in [1.807, 2.05) is 6.92 Å². The predicted octanol–water partition coefficient (Wildman–Crippen LogP) is 3.29. The molecular weight excluding hydrogens is 373 g/mol. The zero-order chi connectivity index (χ0) is 20.0. The van der Waals surface area contributed by atoms with Crippen molar-refractivity contribution in [1.29, 1.82) is 0 Å². The third-order valence-electron chi connectivity index (χ3n) is 3.54. The van der Waals surface area contributed by atoms with E-state index in [0.29, 0.717) is 23.7 Å². The molecule has 144 valence electrons. The molecule has 0 aliphatic carbocycles. The Kier molecular flexibility index (Phi) is 6.57. The monoisotopic (exact) mass is 393 g/mol. The van der Waals surface area contributed by atoms with Crippen LogP contribution in [0.5, 0.6) is 11.5 Å². The van der Waals surface area contributed by atoms with Crippen molar-refractivity contribution in [3.05, 3.63) is 53.9 Å². The number of nitrogens with one attached hydrogen (secondary N) is 1. The quantitative estimate of drug-likeness (QED) is 0.577. The zero-order valence-corrected chi connectivity index (χ0v) is 16.0. The second kappa shape index (κ2) is 8.68. The topological polar surface area (TPSA) is 81.7 Å². The van der Waals surface area contributed by atoms with Crippen LogP contribution in [0.4, 0.5) is 10.1 Å². The summed E-state index contributed by atoms with van der Waals surface area (Å²) in [5, 5.41) is 2.33. The van der Waals surface area contributed by atoms with E-state index >= 15 is 0 Å². The first-order chi connectivity index (χ1) is 12.7. The lowest BCUT2D eigenvalue weighted by Gasteiger charge is -2.09. The van der Waals surface area contributed by atoms with Crippen molar-refractivity contribution in [1.82, 2.24) is 0 Å². The van der Waals surface area contributed by atoms with Crippen LogP contribution in [0.1, 0.15) is 12.5 Å². The summed E-state index contributed by atoms with van der Waals surface area (Å²) in [5.74, 6) is -0.230. The molecule has 0 saturated heterocycles. The lowest BCUT2D eigenvalue weighted by Crippen LogP contribution is -2.10. The van der Waals surface area contributed by atoms with Crippen molar-refractivity contribution in [2.45, 2.75) is 11.8 Å². The van der Waals surface area contributed by atoms with E-state index in [0.717, 1.165) is 24.5 Å². The highest BCUT2D eigenvalue weighted by Crippen LogP contribution is 2.28. The predicted molar refractivity (Wildman–Crippen MR) is 101 cm³/mol. The van der Waals surface area contributed by atoms with E-state index in [9.17, 15) is 17.6 Å². The number of carbonyl (C=O) groups excluding carboxylic acids is 1. The van der Waals surface area contributed by atoms with Gasteiger partial charge in [0, 0.05) is 12.3 Å². The minimum atomic E-state index is -3.51. The number of hydrogen-bond acceptors (Lipinski definition) is 5. The smallest absolute Gasteiger partial charge is 0.248 e. The molecule has 0 aliphatic rings. The van der Waals surface area contributed by atoms with E-state index < -0.39 is 21.6 Å². The molecular formula is C19H20FNO5S. The van der Waals surface area contributed by atoms with Gasteiger partial charge in [-0.1, -0.05) is 6.07 Å². The van der Waals surface area contributed by atoms with Gasteiger partial charge in [-0.3, -0.25) is 4.79 Å². The first-order valence-corrected chi connectivity index (χ1v) is 9.93. The maximum absolute atomic E-state index is 13.8. The number of hydrogen-bond donors (Lipinski definition) is 1. The summed E-state index contributed by atoms with van der Waals surface area (Å²) in [6.07, 6.45) is 3.73. The molecule has 0 unspecified atom stereocenters. The Morgan fingerprint density at radius 3 is 2.56 bits per heavy atom. The van der Waals surface area contributed by atoms with Gasteiger partial charge < -0.3 is 14.8 Å². The summed E-state index contributed by atoms with van der Waals surface area (Å²) >= 11 is 0. The van der Waals surface area contributed by atoms with Crippen molar-refractivity contribution in [2.75, 3.05) is 25.3 Å². The van der Waals surface area contributed by atoms with Crippen LogP contribution < -0.4 is 14.8 Å². The fraction of sp³-hybridized carbons (Fsp3) is 0.211. The second-order valence-electron chi connectivity index (χ2n) is 5.58. The molecule has 8 heteroatoms. The van der Waals surface area contributed by atoms with Crippen molar-refractivity contribution in [3.63, 3.8) is 0 Å². The van der Waals surface area contributed by atoms with Crippen LogP contribution in [0.25, 0.3) is 6.08 Å². The number of rotatable bonds is 7. The molecule has 0 spiro atoms. The molecule has 0 radical (unpaired) electrons. The molecule has 0 atom stereocenters. The van der Waals surface area contributed by atoms with Gasteiger partial charge in [-0.25, -0.2) is 12.8 Å². The number of methoxy groups -OCH3 is 1. The highest BCUT2D eigenvalue weighted by molar-refractivity contribution is 7.90. The standard InChI is InChI=1S/C19H20FNO5S/c1-4-26-17-9-5-13(11-18(17)25-2)6-10-19(22)21-16-12-14(27(3,23)24)7-8-15(16)20/h5-12H,4H2,1-3H3,(H,21,22)/b10-6+. The van der Waals surface area contributed by atoms with Crippen LogP contribution >= 0.6 is 0 Å². The SMILES string of the molecule is CCOc1ccc(/C=C/C(=O)Nc2cc(S(C)(=O)=O)ccc2F)cc1OC. The lowest BCUT2D eigenvalue weighted by atomic mass is 10.2. The van der Waals surface area contributed by atoms with Gasteiger partial charge in [-0.2, -0.15) is 0 Å². The van der Waals surface area contributed by atoms with Crippen LogP contribution in [0.15, 0.2) is 47.4 Å². The van der Waals surface area contributed by atoms with Gasteiger partial charge in [-0.05, 0) is 48.9 Å². The third kappa shape index (κ3) is 5.55. The average molecular weight is 393 g/mol. The van der Waals surface area contributed by atoms with Crippen LogP contribution in [0, 0.1) is 5.82 Å². The summed E-state index contributed by atoms with van der Waals surface area (Å²) < 4.78 is 47.6. The van der Waals surface area contributed by atoms with E-state index in [2.05, 4.69) is 5.32 Å². The minimum absolute atomic E-state index is 0.0839. The minimum Gasteiger partial charge on any atom is -0.493 e. The number of amides is 1. The maximum Gasteiger partial charge on any atom is 0.248 e. The molecule has 1 amide bonds. The lowest BCUT2D eigenvalue weighted by molar-refractivity contribution is -0.111. The highest BCUT2D eigenvalue weighted by Gasteiger charge is 2.12. The highest BCUT2D eigenvalue weighted by atomic mass is 32.2. The van der Waals surface area contributed by atoms with Gasteiger partial charge in [0.05, 0.1) is 24.3 Å². The fourth-order valence-electron chi connectivity index (χ4n) is 2.24. The van der Waals surface area contributed by atoms with Gasteiger partial charge in [0.25, 0.3) is 0 Å². The fourth-order valence-corrected chi connectivity index (χ4v) is 2.89. The zero-order valence-electron chi connectivity index (χ0n) is 15.2. The molecule has 0 bridgehead atoms. The number of ether oxygens (including phenoxy) is 2. The third-order valence-corrected chi connectivity index (χ3v) is 4.65. The molecule has 2 aromatic carbocycles.